The van der Waals surface area contributed by atoms with Crippen LogP contribution in [0.2, 0.25) is 0 Å². The predicted octanol–water partition coefficient (Wildman–Crippen LogP) is 2.49. The summed E-state index contributed by atoms with van der Waals surface area (Å²) in [6.45, 7) is 5.46. The molecule has 0 saturated heterocycles. The van der Waals surface area contributed by atoms with Crippen molar-refractivity contribution in [3.63, 3.8) is 0 Å². The quantitative estimate of drug-likeness (QED) is 0.723. The van der Waals surface area contributed by atoms with E-state index in [0.717, 1.165) is 12.8 Å². The molecule has 2 amide bonds. The van der Waals surface area contributed by atoms with Crippen LogP contribution in [0.25, 0.3) is 0 Å². The maximum atomic E-state index is 11.6. The number of amides is 2. The number of urea groups is 1. The summed E-state index contributed by atoms with van der Waals surface area (Å²) in [5.74, 6) is 0. The van der Waals surface area contributed by atoms with Crippen LogP contribution < -0.4 is 5.32 Å². The Bertz CT molecular complexity index is 219. The van der Waals surface area contributed by atoms with Gasteiger partial charge in [-0.25, -0.2) is 4.79 Å². The molecule has 1 fully saturated rings. The van der Waals surface area contributed by atoms with E-state index in [-0.39, 0.29) is 6.03 Å². The highest BCUT2D eigenvalue weighted by atomic mass is 16.2. The minimum atomic E-state index is -0.0237. The van der Waals surface area contributed by atoms with E-state index < -0.39 is 0 Å². The molecule has 1 aliphatic carbocycles. The molecule has 1 N–H and O–H groups in total. The minimum Gasteiger partial charge on any atom is -0.325 e. The van der Waals surface area contributed by atoms with Crippen LogP contribution in [0.4, 0.5) is 4.79 Å². The van der Waals surface area contributed by atoms with E-state index in [1.165, 1.54) is 19.3 Å². The summed E-state index contributed by atoms with van der Waals surface area (Å²) in [6.07, 6.45) is 6.08. The molecule has 14 heavy (non-hydrogen) atoms. The number of hydrogen-bond acceptors (Lipinski definition) is 1. The molecule has 3 nitrogen and oxygen atoms in total. The number of nitrogens with zero attached hydrogens (tertiary/aromatic N) is 1. The van der Waals surface area contributed by atoms with Crippen LogP contribution in [-0.4, -0.2) is 24.0 Å². The van der Waals surface area contributed by atoms with E-state index in [9.17, 15) is 4.79 Å². The molecular formula is C11H20N2O. The van der Waals surface area contributed by atoms with Gasteiger partial charge in [-0.05, 0) is 19.8 Å². The summed E-state index contributed by atoms with van der Waals surface area (Å²) in [5.41, 5.74) is 0.706. The maximum absolute atomic E-state index is 11.6. The molecule has 0 bridgehead atoms. The number of rotatable bonds is 2. The van der Waals surface area contributed by atoms with Crippen molar-refractivity contribution in [1.29, 1.82) is 0 Å². The van der Waals surface area contributed by atoms with Crippen molar-refractivity contribution in [2.45, 2.75) is 45.1 Å². The zero-order chi connectivity index (χ0) is 10.6. The Morgan fingerprint density at radius 3 is 2.43 bits per heavy atom. The fourth-order valence-electron chi connectivity index (χ4n) is 1.90. The molecule has 0 radical (unpaired) electrons. The van der Waals surface area contributed by atoms with Gasteiger partial charge in [0.25, 0.3) is 0 Å². The van der Waals surface area contributed by atoms with Crippen LogP contribution in [-0.2, 0) is 0 Å². The maximum Gasteiger partial charge on any atom is 0.321 e. The second-order valence-corrected chi connectivity index (χ2v) is 4.11. The largest absolute Gasteiger partial charge is 0.325 e. The Balaban J connectivity index is 2.41. The number of hydrogen-bond donors (Lipinski definition) is 1. The lowest BCUT2D eigenvalue weighted by atomic mass is 9.95. The molecule has 0 atom stereocenters. The first-order valence-corrected chi connectivity index (χ1v) is 5.30. The molecule has 1 rings (SSSR count). The summed E-state index contributed by atoms with van der Waals surface area (Å²) in [4.78, 5) is 13.4. The van der Waals surface area contributed by atoms with Gasteiger partial charge in [-0.3, -0.25) is 0 Å². The van der Waals surface area contributed by atoms with Gasteiger partial charge in [0.05, 0.1) is 0 Å². The molecule has 3 heteroatoms. The number of allylic oxidation sites excluding steroid dienone is 1. The van der Waals surface area contributed by atoms with Gasteiger partial charge in [0, 0.05) is 18.8 Å². The lowest BCUT2D eigenvalue weighted by Gasteiger charge is -2.31. The normalized spacial score (nSPS) is 17.6. The van der Waals surface area contributed by atoms with Gasteiger partial charge in [0.15, 0.2) is 0 Å². The molecule has 0 aliphatic heterocycles. The average Bonchev–Trinajstić information content (AvgIpc) is 2.17. The summed E-state index contributed by atoms with van der Waals surface area (Å²) in [7, 11) is 1.87. The number of carbonyl (C=O) groups excluding carboxylic acids is 1. The first kappa shape index (κ1) is 11.1. The van der Waals surface area contributed by atoms with Crippen molar-refractivity contribution in [3.05, 3.63) is 12.3 Å². The number of carbonyl (C=O) groups is 1. The van der Waals surface area contributed by atoms with Crippen LogP contribution >= 0.6 is 0 Å². The van der Waals surface area contributed by atoms with Gasteiger partial charge in [-0.15, -0.1) is 0 Å². The van der Waals surface area contributed by atoms with Crippen molar-refractivity contribution in [3.8, 4) is 0 Å². The van der Waals surface area contributed by atoms with Gasteiger partial charge in [0.2, 0.25) is 0 Å². The highest BCUT2D eigenvalue weighted by Crippen LogP contribution is 2.21. The first-order valence-electron chi connectivity index (χ1n) is 5.30. The van der Waals surface area contributed by atoms with E-state index >= 15 is 0 Å². The molecule has 1 saturated carbocycles. The third kappa shape index (κ3) is 3.05. The predicted molar refractivity (Wildman–Crippen MR) is 58.0 cm³/mol. The van der Waals surface area contributed by atoms with E-state index in [0.29, 0.717) is 11.7 Å². The molecule has 1 aliphatic rings. The fraction of sp³-hybridized carbons (Fsp3) is 0.727. The Labute approximate surface area is 86.2 Å². The Hall–Kier alpha value is -0.990. The molecular weight excluding hydrogens is 176 g/mol. The molecule has 0 spiro atoms. The zero-order valence-corrected chi connectivity index (χ0v) is 9.18. The van der Waals surface area contributed by atoms with Crippen molar-refractivity contribution in [2.75, 3.05) is 7.05 Å². The van der Waals surface area contributed by atoms with Gasteiger partial charge < -0.3 is 10.2 Å². The second-order valence-electron chi connectivity index (χ2n) is 4.11. The Morgan fingerprint density at radius 1 is 1.36 bits per heavy atom. The van der Waals surface area contributed by atoms with Crippen LogP contribution in [0.15, 0.2) is 12.3 Å². The van der Waals surface area contributed by atoms with E-state index in [1.54, 1.807) is 6.92 Å². The van der Waals surface area contributed by atoms with E-state index in [4.69, 9.17) is 0 Å². The summed E-state index contributed by atoms with van der Waals surface area (Å²) in [6, 6.07) is 0.396. The topological polar surface area (TPSA) is 32.3 Å². The van der Waals surface area contributed by atoms with Crippen LogP contribution in [0, 0.1) is 0 Å². The van der Waals surface area contributed by atoms with Crippen LogP contribution in [0.3, 0.4) is 0 Å². The second kappa shape index (κ2) is 5.03. The molecule has 0 unspecified atom stereocenters. The van der Waals surface area contributed by atoms with Crippen molar-refractivity contribution >= 4 is 6.03 Å². The molecule has 80 valence electrons. The molecule has 0 heterocycles. The van der Waals surface area contributed by atoms with Gasteiger partial charge in [-0.1, -0.05) is 25.8 Å². The SMILES string of the molecule is C=C(C)NC(=O)N(C)C1CCCCC1. The zero-order valence-electron chi connectivity index (χ0n) is 9.18. The average molecular weight is 196 g/mol. The van der Waals surface area contributed by atoms with Crippen molar-refractivity contribution < 1.29 is 4.79 Å². The molecule has 0 aromatic rings. The fourth-order valence-corrected chi connectivity index (χ4v) is 1.90. The third-order valence-electron chi connectivity index (χ3n) is 2.76. The smallest absolute Gasteiger partial charge is 0.321 e. The third-order valence-corrected chi connectivity index (χ3v) is 2.76. The Morgan fingerprint density at radius 2 is 1.93 bits per heavy atom. The molecule has 0 aromatic carbocycles. The van der Waals surface area contributed by atoms with Crippen LogP contribution in [0.1, 0.15) is 39.0 Å². The van der Waals surface area contributed by atoms with Crippen molar-refractivity contribution in [1.82, 2.24) is 10.2 Å². The van der Waals surface area contributed by atoms with E-state index in [2.05, 4.69) is 11.9 Å². The summed E-state index contributed by atoms with van der Waals surface area (Å²) in [5, 5.41) is 2.73. The lowest BCUT2D eigenvalue weighted by Crippen LogP contribution is -2.43. The summed E-state index contributed by atoms with van der Waals surface area (Å²) < 4.78 is 0. The molecule has 0 aromatic heterocycles. The summed E-state index contributed by atoms with van der Waals surface area (Å²) >= 11 is 0. The standard InChI is InChI=1S/C11H20N2O/c1-9(2)12-11(14)13(3)10-7-5-4-6-8-10/h10H,1,4-8H2,2-3H3,(H,12,14). The highest BCUT2D eigenvalue weighted by Gasteiger charge is 2.21. The minimum absolute atomic E-state index is 0.0237. The van der Waals surface area contributed by atoms with Gasteiger partial charge in [-0.2, -0.15) is 0 Å². The van der Waals surface area contributed by atoms with E-state index in [1.807, 2.05) is 11.9 Å². The Kier molecular flexibility index (Phi) is 3.98. The number of nitrogens with one attached hydrogen (secondary N) is 1. The lowest BCUT2D eigenvalue weighted by molar-refractivity contribution is 0.176. The van der Waals surface area contributed by atoms with Gasteiger partial charge >= 0.3 is 6.03 Å². The monoisotopic (exact) mass is 196 g/mol. The van der Waals surface area contributed by atoms with Crippen LogP contribution in [0.5, 0.6) is 0 Å². The highest BCUT2D eigenvalue weighted by molar-refractivity contribution is 5.75. The first-order chi connectivity index (χ1) is 6.61. The van der Waals surface area contributed by atoms with Gasteiger partial charge in [0.1, 0.15) is 0 Å². The van der Waals surface area contributed by atoms with Crippen molar-refractivity contribution in [2.24, 2.45) is 0 Å².